The number of nitrogens with one attached hydrogen (secondary N) is 1. The Kier molecular flexibility index (Phi) is 10.1. The van der Waals surface area contributed by atoms with Crippen molar-refractivity contribution in [3.63, 3.8) is 0 Å². The van der Waals surface area contributed by atoms with Crippen molar-refractivity contribution in [2.45, 2.75) is 49.1 Å². The molecular weight excluding hydrogens is 773 g/mol. The summed E-state index contributed by atoms with van der Waals surface area (Å²) in [6.07, 6.45) is -11.5. The molecule has 286 valence electrons. The van der Waals surface area contributed by atoms with Gasteiger partial charge in [-0.1, -0.05) is 4.98 Å². The van der Waals surface area contributed by atoms with Crippen LogP contribution in [0.4, 0.5) is 11.9 Å². The van der Waals surface area contributed by atoms with Gasteiger partial charge in [0.15, 0.2) is 29.2 Å². The Morgan fingerprint density at radius 1 is 0.923 bits per heavy atom. The van der Waals surface area contributed by atoms with Gasteiger partial charge in [-0.25, -0.2) is 23.2 Å². The van der Waals surface area contributed by atoms with Crippen LogP contribution in [0, 0.1) is 0 Å². The van der Waals surface area contributed by atoms with Gasteiger partial charge in [-0.3, -0.25) is 32.6 Å². The lowest BCUT2D eigenvalue weighted by Crippen LogP contribution is -2.46. The lowest BCUT2D eigenvalue weighted by atomic mass is 10.1. The van der Waals surface area contributed by atoms with Crippen LogP contribution in [0.1, 0.15) is 12.5 Å². The number of phosphoric acid groups is 3. The zero-order chi connectivity index (χ0) is 38.1. The van der Waals surface area contributed by atoms with Crippen LogP contribution in [-0.4, -0.2) is 104 Å². The summed E-state index contributed by atoms with van der Waals surface area (Å²) in [7, 11) is -17.0. The lowest BCUT2D eigenvalue weighted by molar-refractivity contribution is -0.745. The molecule has 3 unspecified atom stereocenters. The van der Waals surface area contributed by atoms with E-state index in [2.05, 4.69) is 42.6 Å². The number of anilines is 2. The summed E-state index contributed by atoms with van der Waals surface area (Å²) in [6, 6.07) is 0. The summed E-state index contributed by atoms with van der Waals surface area (Å²) in [5, 5.41) is 54.1. The quantitative estimate of drug-likeness (QED) is 0.0517. The van der Waals surface area contributed by atoms with E-state index in [4.69, 9.17) is 20.9 Å². The SMILES string of the molecule is Cn1c[n+]([C@@H]2O[C@H](COP(=O)([O-])OP(=O)([O-])OP(=O)([O-])OC[C@H]3O[C@@H](n4cnc5c(=O)[nH]c(N)nc54)[C@H](O)[C@@H]3O)[C@@H](O)[C@H]2O)c2nc(N)nc([O-])c21. The molecule has 31 heteroatoms. The fraction of sp³-hybridized carbons (Fsp3) is 0.524. The second kappa shape index (κ2) is 13.7. The Balaban J connectivity index is 1.04. The number of aromatic nitrogens is 8. The molecule has 2 saturated heterocycles. The Hall–Kier alpha value is -3.53. The highest BCUT2D eigenvalue weighted by molar-refractivity contribution is 7.65. The number of hydrogen-bond donors (Lipinski definition) is 7. The normalized spacial score (nSPS) is 30.1. The second-order valence-corrected chi connectivity index (χ2v) is 15.7. The maximum Gasteiger partial charge on any atom is 0.309 e. The molecule has 4 aromatic heterocycles. The van der Waals surface area contributed by atoms with Gasteiger partial charge in [0.05, 0.1) is 26.6 Å². The van der Waals surface area contributed by atoms with Crippen LogP contribution in [0.3, 0.4) is 0 Å². The molecule has 0 radical (unpaired) electrons. The standard InChI is InChI=1S/C21H29N10O18P3/c1-29-5-31(15-9(29)17(37)28-21(23)26-15)19-13(35)11(33)7(47-19)3-45-51(40,41)49-52(42,43)48-50(38,39)44-2-6-10(32)12(34)18(46-6)30-4-24-8-14(30)25-20(22)27-16(8)36/h4-7,10-13,18-19,32-35H,2-3H2,1H3,(H8-,22,23,25,26,27,28,36,37,38,39,40,41,42,43)/p-3/t6-,7-,10-,11-,12-,13-,18-,19-/m1/s1. The van der Waals surface area contributed by atoms with Crippen LogP contribution in [0.25, 0.3) is 22.3 Å². The van der Waals surface area contributed by atoms with E-state index in [1.54, 1.807) is 0 Å². The van der Waals surface area contributed by atoms with E-state index in [0.29, 0.717) is 0 Å². The van der Waals surface area contributed by atoms with Crippen LogP contribution < -0.4 is 41.4 Å². The third kappa shape index (κ3) is 7.46. The molecule has 52 heavy (non-hydrogen) atoms. The van der Waals surface area contributed by atoms with E-state index < -0.39 is 103 Å². The van der Waals surface area contributed by atoms with E-state index in [1.807, 2.05) is 0 Å². The molecule has 0 aromatic carbocycles. The number of phosphoric ester groups is 2. The summed E-state index contributed by atoms with van der Waals surface area (Å²) >= 11 is 0. The fourth-order valence-corrected chi connectivity index (χ4v) is 8.76. The Bertz CT molecular complexity index is 2220. The first-order chi connectivity index (χ1) is 24.2. The monoisotopic (exact) mass is 799 g/mol. The van der Waals surface area contributed by atoms with E-state index in [-0.39, 0.29) is 28.3 Å². The molecule has 11 atom stereocenters. The average molecular weight is 799 g/mol. The predicted octanol–water partition coefficient (Wildman–Crippen LogP) is -6.66. The van der Waals surface area contributed by atoms with Crippen molar-refractivity contribution in [1.82, 2.24) is 34.1 Å². The van der Waals surface area contributed by atoms with Crippen LogP contribution in [-0.2, 0) is 47.9 Å². The van der Waals surface area contributed by atoms with E-state index in [9.17, 15) is 58.7 Å². The van der Waals surface area contributed by atoms with Crippen LogP contribution >= 0.6 is 23.5 Å². The minimum Gasteiger partial charge on any atom is -0.856 e. The molecule has 2 aliphatic rings. The summed E-state index contributed by atoms with van der Waals surface area (Å²) < 4.78 is 67.4. The van der Waals surface area contributed by atoms with Gasteiger partial charge in [0.1, 0.15) is 36.6 Å². The molecule has 4 aromatic rings. The Morgan fingerprint density at radius 2 is 1.52 bits per heavy atom. The van der Waals surface area contributed by atoms with E-state index >= 15 is 0 Å². The molecule has 0 spiro atoms. The summed E-state index contributed by atoms with van der Waals surface area (Å²) in [6.45, 7) is -2.40. The molecule has 2 aliphatic heterocycles. The topological polar surface area (TPSA) is 430 Å². The predicted molar refractivity (Wildman–Crippen MR) is 154 cm³/mol. The zero-order valence-electron chi connectivity index (χ0n) is 25.8. The third-order valence-electron chi connectivity index (χ3n) is 7.61. The first kappa shape index (κ1) is 38.2. The number of imidazole rings is 2. The highest BCUT2D eigenvalue weighted by atomic mass is 31.3. The molecule has 28 nitrogen and oxygen atoms in total. The number of aromatic amines is 1. The number of ether oxygens (including phenoxy) is 2. The van der Waals surface area contributed by atoms with Gasteiger partial charge in [-0.15, -0.1) is 0 Å². The Morgan fingerprint density at radius 3 is 2.15 bits per heavy atom. The van der Waals surface area contributed by atoms with E-state index in [1.165, 1.54) is 17.9 Å². The number of hydrogen-bond acceptors (Lipinski definition) is 24. The van der Waals surface area contributed by atoms with Gasteiger partial charge in [0, 0.05) is 5.88 Å². The van der Waals surface area contributed by atoms with Gasteiger partial charge in [-0.05, 0) is 0 Å². The lowest BCUT2D eigenvalue weighted by Gasteiger charge is -2.34. The van der Waals surface area contributed by atoms with Crippen LogP contribution in [0.2, 0.25) is 0 Å². The van der Waals surface area contributed by atoms with Crippen molar-refractivity contribution in [3.8, 4) is 5.88 Å². The molecule has 9 N–H and O–H groups in total. The van der Waals surface area contributed by atoms with E-state index in [0.717, 1.165) is 15.5 Å². The van der Waals surface area contributed by atoms with Gasteiger partial charge in [0.2, 0.25) is 12.2 Å². The average Bonchev–Trinajstić information content (AvgIpc) is 3.74. The molecule has 0 aliphatic carbocycles. The molecule has 6 rings (SSSR count). The number of nitrogen functional groups attached to an aromatic ring is 2. The van der Waals surface area contributed by atoms with Gasteiger partial charge >= 0.3 is 5.65 Å². The smallest absolute Gasteiger partial charge is 0.309 e. The number of fused-ring (bicyclic) bond motifs is 2. The van der Waals surface area contributed by atoms with Crippen molar-refractivity contribution in [2.24, 2.45) is 7.05 Å². The maximum absolute atomic E-state index is 12.3. The first-order valence-corrected chi connectivity index (χ1v) is 18.7. The van der Waals surface area contributed by atoms with Crippen LogP contribution in [0.5, 0.6) is 5.88 Å². The number of aryl methyl sites for hydroxylation is 1. The molecule has 0 saturated carbocycles. The zero-order valence-corrected chi connectivity index (χ0v) is 28.5. The van der Waals surface area contributed by atoms with Crippen molar-refractivity contribution in [1.29, 1.82) is 0 Å². The molecular formula is C21H26N10O18P3-3. The molecule has 6 heterocycles. The molecule has 0 amide bonds. The number of H-pyrrole nitrogens is 1. The number of rotatable bonds is 12. The minimum absolute atomic E-state index is 0.0678. The van der Waals surface area contributed by atoms with Crippen molar-refractivity contribution in [3.05, 3.63) is 23.0 Å². The van der Waals surface area contributed by atoms with Crippen molar-refractivity contribution < 1.29 is 85.6 Å². The number of nitrogens with two attached hydrogens (primary N) is 2. The number of nitrogens with zero attached hydrogens (tertiary/aromatic N) is 7. The third-order valence-corrected chi connectivity index (χ3v) is 11.7. The minimum atomic E-state index is -6.38. The maximum atomic E-state index is 12.3. The first-order valence-electron chi connectivity index (χ1n) is 14.3. The van der Waals surface area contributed by atoms with Gasteiger partial charge in [-0.2, -0.15) is 4.98 Å². The second-order valence-electron chi connectivity index (χ2n) is 11.2. The summed E-state index contributed by atoms with van der Waals surface area (Å²) in [4.78, 5) is 66.2. The Labute approximate surface area is 287 Å². The highest BCUT2D eigenvalue weighted by Crippen LogP contribution is 2.63. The summed E-state index contributed by atoms with van der Waals surface area (Å²) in [5.74, 6) is -1.53. The summed E-state index contributed by atoms with van der Waals surface area (Å²) in [5.41, 5.74) is 9.72. The van der Waals surface area contributed by atoms with Gasteiger partial charge in [0.25, 0.3) is 35.0 Å². The fourth-order valence-electron chi connectivity index (χ4n) is 5.37. The highest BCUT2D eigenvalue weighted by Gasteiger charge is 2.48. The molecule has 0 bridgehead atoms. The van der Waals surface area contributed by atoms with Crippen LogP contribution in [0.15, 0.2) is 17.4 Å². The van der Waals surface area contributed by atoms with Crippen molar-refractivity contribution >= 4 is 57.7 Å². The van der Waals surface area contributed by atoms with Crippen molar-refractivity contribution in [2.75, 3.05) is 24.7 Å². The largest absolute Gasteiger partial charge is 0.856 e. The number of aliphatic hydroxyl groups excluding tert-OH is 4. The molecule has 2 fully saturated rings. The number of aliphatic hydroxyl groups is 4. The van der Waals surface area contributed by atoms with Gasteiger partial charge < -0.3 is 70.2 Å².